The van der Waals surface area contributed by atoms with E-state index >= 15 is 0 Å². The molecule has 6 rings (SSSR count). The smallest absolute Gasteiger partial charge is 0.332 e. The van der Waals surface area contributed by atoms with E-state index in [1.807, 2.05) is 47.4 Å². The number of rotatable bonds is 3. The molecule has 2 aromatic rings. The van der Waals surface area contributed by atoms with Gasteiger partial charge in [-0.3, -0.25) is 4.79 Å². The topological polar surface area (TPSA) is 55.9 Å². The third-order valence-corrected chi connectivity index (χ3v) is 8.18. The molecular formula is C25H28N4O2S. The standard InChI is InChI=1S/C25H28N4O2S/c30-23-22-21-13-18(15-27(21)24(32)26-14-16-7-2-1-3-8-16)28(22)25(31)29(23)20-12-6-10-17-9-4-5-11-19(17)20/h4-6,9-12,16,18,21-22H,1-3,7-8,13-15H2,(H,26,32)/t18-,21?,22-/m1/s1. The van der Waals surface area contributed by atoms with Crippen molar-refractivity contribution < 1.29 is 9.59 Å². The van der Waals surface area contributed by atoms with Gasteiger partial charge in [0.25, 0.3) is 5.91 Å². The fraction of sp³-hybridized carbons (Fsp3) is 0.480. The first-order valence-electron chi connectivity index (χ1n) is 11.8. The van der Waals surface area contributed by atoms with Crippen LogP contribution in [0.3, 0.4) is 0 Å². The van der Waals surface area contributed by atoms with E-state index in [0.717, 1.165) is 28.9 Å². The highest BCUT2D eigenvalue weighted by molar-refractivity contribution is 7.80. The maximum Gasteiger partial charge on any atom is 0.332 e. The third-order valence-electron chi connectivity index (χ3n) is 7.80. The molecule has 3 aliphatic heterocycles. The Morgan fingerprint density at radius 2 is 1.81 bits per heavy atom. The molecule has 2 aromatic carbocycles. The van der Waals surface area contributed by atoms with Crippen LogP contribution in [0, 0.1) is 5.92 Å². The molecule has 32 heavy (non-hydrogen) atoms. The zero-order chi connectivity index (χ0) is 21.8. The van der Waals surface area contributed by atoms with Crippen LogP contribution in [0.4, 0.5) is 10.5 Å². The Labute approximate surface area is 193 Å². The third kappa shape index (κ3) is 3.01. The number of nitrogens with zero attached hydrogens (tertiary/aromatic N) is 3. The first-order valence-corrected chi connectivity index (χ1v) is 12.2. The van der Waals surface area contributed by atoms with E-state index in [1.54, 1.807) is 0 Å². The number of nitrogens with one attached hydrogen (secondary N) is 1. The highest BCUT2D eigenvalue weighted by Gasteiger charge is 2.62. The van der Waals surface area contributed by atoms with Gasteiger partial charge in [0, 0.05) is 18.5 Å². The predicted octanol–water partition coefficient (Wildman–Crippen LogP) is 3.89. The van der Waals surface area contributed by atoms with E-state index in [2.05, 4.69) is 10.2 Å². The van der Waals surface area contributed by atoms with E-state index < -0.39 is 6.04 Å². The molecule has 1 unspecified atom stereocenters. The second kappa shape index (κ2) is 7.73. The van der Waals surface area contributed by atoms with Gasteiger partial charge in [0.2, 0.25) is 0 Å². The second-order valence-corrected chi connectivity index (χ2v) is 9.99. The maximum absolute atomic E-state index is 13.6. The van der Waals surface area contributed by atoms with E-state index in [4.69, 9.17) is 12.2 Å². The fourth-order valence-electron chi connectivity index (χ4n) is 6.24. The van der Waals surface area contributed by atoms with Crippen molar-refractivity contribution in [2.75, 3.05) is 18.0 Å². The summed E-state index contributed by atoms with van der Waals surface area (Å²) in [6, 6.07) is 13.0. The van der Waals surface area contributed by atoms with Crippen LogP contribution >= 0.6 is 12.2 Å². The zero-order valence-corrected chi connectivity index (χ0v) is 18.9. The molecular weight excluding hydrogens is 420 g/mol. The van der Waals surface area contributed by atoms with Gasteiger partial charge in [-0.15, -0.1) is 0 Å². The first-order chi connectivity index (χ1) is 15.6. The molecule has 3 atom stereocenters. The number of benzene rings is 2. The lowest BCUT2D eigenvalue weighted by molar-refractivity contribution is -0.120. The van der Waals surface area contributed by atoms with E-state index in [1.165, 1.54) is 37.0 Å². The van der Waals surface area contributed by atoms with Crippen LogP contribution in [0.15, 0.2) is 42.5 Å². The molecule has 1 N–H and O–H groups in total. The number of urea groups is 1. The van der Waals surface area contributed by atoms with Crippen molar-refractivity contribution in [2.24, 2.45) is 5.92 Å². The number of thiocarbonyl (C=S) groups is 1. The van der Waals surface area contributed by atoms with Crippen molar-refractivity contribution in [3.05, 3.63) is 42.5 Å². The molecule has 0 aromatic heterocycles. The van der Waals surface area contributed by atoms with Crippen LogP contribution in [0.5, 0.6) is 0 Å². The van der Waals surface area contributed by atoms with Crippen molar-refractivity contribution in [3.8, 4) is 0 Å². The average molecular weight is 449 g/mol. The van der Waals surface area contributed by atoms with Gasteiger partial charge in [0.15, 0.2) is 5.11 Å². The number of carbonyl (C=O) groups excluding carboxylic acids is 2. The summed E-state index contributed by atoms with van der Waals surface area (Å²) in [4.78, 5) is 32.4. The normalized spacial score (nSPS) is 27.5. The summed E-state index contributed by atoms with van der Waals surface area (Å²) in [5.41, 5.74) is 0.677. The minimum absolute atomic E-state index is 0.0378. The molecule has 4 fully saturated rings. The van der Waals surface area contributed by atoms with Crippen LogP contribution < -0.4 is 10.2 Å². The number of hydrogen-bond donors (Lipinski definition) is 1. The SMILES string of the molecule is O=C1[C@H]2C3C[C@H](CN3C(=S)NCC3CCCCC3)N2C(=O)N1c1cccc2ccccc12. The Hall–Kier alpha value is -2.67. The van der Waals surface area contributed by atoms with E-state index in [-0.39, 0.29) is 24.0 Å². The Kier molecular flexibility index (Phi) is 4.82. The lowest BCUT2D eigenvalue weighted by atomic mass is 9.89. The highest BCUT2D eigenvalue weighted by atomic mass is 32.1. The summed E-state index contributed by atoms with van der Waals surface area (Å²) in [6.07, 6.45) is 7.32. The summed E-state index contributed by atoms with van der Waals surface area (Å²) < 4.78 is 0. The molecule has 1 aliphatic carbocycles. The molecule has 3 heterocycles. The summed E-state index contributed by atoms with van der Waals surface area (Å²) >= 11 is 5.75. The minimum atomic E-state index is -0.449. The van der Waals surface area contributed by atoms with Gasteiger partial charge in [-0.25, -0.2) is 9.69 Å². The van der Waals surface area contributed by atoms with E-state index in [9.17, 15) is 9.59 Å². The molecule has 1 saturated carbocycles. The molecule has 0 radical (unpaired) electrons. The van der Waals surface area contributed by atoms with Gasteiger partial charge in [-0.2, -0.15) is 0 Å². The van der Waals surface area contributed by atoms with Gasteiger partial charge in [-0.05, 0) is 48.9 Å². The summed E-state index contributed by atoms with van der Waals surface area (Å²) in [6.45, 7) is 1.62. The van der Waals surface area contributed by atoms with Crippen molar-refractivity contribution in [1.29, 1.82) is 0 Å². The fourth-order valence-corrected chi connectivity index (χ4v) is 6.53. The van der Waals surface area contributed by atoms with Gasteiger partial charge < -0.3 is 15.1 Å². The number of amides is 3. The first kappa shape index (κ1) is 20.0. The van der Waals surface area contributed by atoms with Gasteiger partial charge in [-0.1, -0.05) is 55.7 Å². The maximum atomic E-state index is 13.6. The van der Waals surface area contributed by atoms with Crippen molar-refractivity contribution >= 4 is 45.7 Å². The zero-order valence-electron chi connectivity index (χ0n) is 18.1. The molecule has 6 nitrogen and oxygen atoms in total. The van der Waals surface area contributed by atoms with Gasteiger partial charge in [0.05, 0.1) is 17.8 Å². The molecule has 3 saturated heterocycles. The Bertz CT molecular complexity index is 1090. The lowest BCUT2D eigenvalue weighted by Crippen LogP contribution is -2.57. The number of imide groups is 1. The molecule has 0 spiro atoms. The molecule has 7 heteroatoms. The number of anilines is 1. The van der Waals surface area contributed by atoms with Crippen LogP contribution in [0.1, 0.15) is 38.5 Å². The molecule has 2 bridgehead atoms. The lowest BCUT2D eigenvalue weighted by Gasteiger charge is -2.37. The number of piperazine rings is 1. The Morgan fingerprint density at radius 1 is 1.03 bits per heavy atom. The largest absolute Gasteiger partial charge is 0.362 e. The summed E-state index contributed by atoms with van der Waals surface area (Å²) in [7, 11) is 0. The number of hydrogen-bond acceptors (Lipinski definition) is 3. The molecule has 4 aliphatic rings. The predicted molar refractivity (Wildman–Crippen MR) is 129 cm³/mol. The second-order valence-electron chi connectivity index (χ2n) is 9.61. The Balaban J connectivity index is 1.22. The average Bonchev–Trinajstić information content (AvgIpc) is 3.49. The molecule has 166 valence electrons. The minimum Gasteiger partial charge on any atom is -0.362 e. The van der Waals surface area contributed by atoms with E-state index in [0.29, 0.717) is 18.2 Å². The van der Waals surface area contributed by atoms with Crippen LogP contribution in [-0.2, 0) is 4.79 Å². The summed E-state index contributed by atoms with van der Waals surface area (Å²) in [5.74, 6) is 0.563. The number of likely N-dealkylation sites (tertiary alicyclic amines) is 1. The van der Waals surface area contributed by atoms with Crippen molar-refractivity contribution in [2.45, 2.75) is 56.7 Å². The van der Waals surface area contributed by atoms with Crippen molar-refractivity contribution in [1.82, 2.24) is 15.1 Å². The van der Waals surface area contributed by atoms with Gasteiger partial charge in [0.1, 0.15) is 6.04 Å². The Morgan fingerprint density at radius 3 is 2.66 bits per heavy atom. The van der Waals surface area contributed by atoms with Crippen LogP contribution in [0.2, 0.25) is 0 Å². The number of fused-ring (bicyclic) bond motifs is 6. The quantitative estimate of drug-likeness (QED) is 0.570. The van der Waals surface area contributed by atoms with Crippen LogP contribution in [-0.4, -0.2) is 58.1 Å². The van der Waals surface area contributed by atoms with Crippen molar-refractivity contribution in [3.63, 3.8) is 0 Å². The molecule has 3 amide bonds. The summed E-state index contributed by atoms with van der Waals surface area (Å²) in [5, 5.41) is 6.17. The highest BCUT2D eigenvalue weighted by Crippen LogP contribution is 2.43. The monoisotopic (exact) mass is 448 g/mol. The van der Waals surface area contributed by atoms with Crippen LogP contribution in [0.25, 0.3) is 10.8 Å². The number of carbonyl (C=O) groups is 2. The van der Waals surface area contributed by atoms with Gasteiger partial charge >= 0.3 is 6.03 Å².